The largest absolute Gasteiger partial charge is 0.353 e. The predicted octanol–water partition coefficient (Wildman–Crippen LogP) is 2.39. The molecule has 0 aliphatic carbocycles. The van der Waals surface area contributed by atoms with Crippen molar-refractivity contribution in [3.63, 3.8) is 0 Å². The zero-order chi connectivity index (χ0) is 17.8. The number of piperazine rings is 1. The molecule has 1 aliphatic heterocycles. The number of anilines is 1. The van der Waals surface area contributed by atoms with Gasteiger partial charge in [0.2, 0.25) is 5.91 Å². The van der Waals surface area contributed by atoms with Crippen LogP contribution in [0.3, 0.4) is 0 Å². The molecule has 0 saturated carbocycles. The summed E-state index contributed by atoms with van der Waals surface area (Å²) in [6, 6.07) is 13.6. The smallest absolute Gasteiger partial charge is 0.246 e. The van der Waals surface area contributed by atoms with Gasteiger partial charge in [-0.2, -0.15) is 0 Å². The van der Waals surface area contributed by atoms with E-state index in [1.807, 2.05) is 47.4 Å². The highest BCUT2D eigenvalue weighted by molar-refractivity contribution is 5.92. The van der Waals surface area contributed by atoms with Crippen LogP contribution < -0.4 is 4.90 Å². The minimum Gasteiger partial charge on any atom is -0.353 e. The molecule has 0 radical (unpaired) electrons. The summed E-state index contributed by atoms with van der Waals surface area (Å²) in [5.74, 6) is 0.960. The Balaban J connectivity index is 1.38. The quantitative estimate of drug-likeness (QED) is 0.682. The Labute approximate surface area is 151 Å². The lowest BCUT2D eigenvalue weighted by Gasteiger charge is -2.34. The highest BCUT2D eigenvalue weighted by atomic mass is 16.2. The van der Waals surface area contributed by atoms with Crippen LogP contribution in [0.25, 0.3) is 17.1 Å². The fourth-order valence-electron chi connectivity index (χ4n) is 3.01. The summed E-state index contributed by atoms with van der Waals surface area (Å²) < 4.78 is 0. The van der Waals surface area contributed by atoms with Crippen molar-refractivity contribution in [2.24, 2.45) is 0 Å². The van der Waals surface area contributed by atoms with E-state index >= 15 is 0 Å². The third kappa shape index (κ3) is 3.54. The molecule has 1 saturated heterocycles. The van der Waals surface area contributed by atoms with Crippen molar-refractivity contribution in [3.8, 4) is 0 Å². The first kappa shape index (κ1) is 16.2. The molecule has 3 aromatic rings. The highest BCUT2D eigenvalue weighted by Gasteiger charge is 2.20. The number of carbonyl (C=O) groups is 1. The molecule has 3 heterocycles. The zero-order valence-corrected chi connectivity index (χ0v) is 14.3. The number of benzene rings is 1. The van der Waals surface area contributed by atoms with E-state index in [2.05, 4.69) is 19.9 Å². The van der Waals surface area contributed by atoms with Crippen molar-refractivity contribution in [2.45, 2.75) is 0 Å². The molecule has 6 nitrogen and oxygen atoms in total. The molecule has 1 amide bonds. The van der Waals surface area contributed by atoms with Gasteiger partial charge >= 0.3 is 0 Å². The van der Waals surface area contributed by atoms with Crippen LogP contribution in [0, 0.1) is 0 Å². The SMILES string of the molecule is O=C(/C=C/c1cnc2ccccc2n1)N1CCN(c2ccccn2)CC1. The number of nitrogens with zero attached hydrogens (tertiary/aromatic N) is 5. The average molecular weight is 345 g/mol. The van der Waals surface area contributed by atoms with E-state index in [1.165, 1.54) is 0 Å². The number of hydrogen-bond donors (Lipinski definition) is 0. The number of hydrogen-bond acceptors (Lipinski definition) is 5. The van der Waals surface area contributed by atoms with Gasteiger partial charge in [0.05, 0.1) is 22.9 Å². The third-order valence-electron chi connectivity index (χ3n) is 4.43. The van der Waals surface area contributed by atoms with Crippen molar-refractivity contribution < 1.29 is 4.79 Å². The number of aromatic nitrogens is 3. The number of para-hydroxylation sites is 2. The Bertz CT molecular complexity index is 933. The summed E-state index contributed by atoms with van der Waals surface area (Å²) >= 11 is 0. The van der Waals surface area contributed by atoms with Crippen molar-refractivity contribution >= 4 is 28.8 Å². The van der Waals surface area contributed by atoms with Crippen LogP contribution in [0.15, 0.2) is 60.9 Å². The van der Waals surface area contributed by atoms with Crippen molar-refractivity contribution in [1.29, 1.82) is 0 Å². The summed E-state index contributed by atoms with van der Waals surface area (Å²) in [6.45, 7) is 2.94. The van der Waals surface area contributed by atoms with Gasteiger partial charge in [-0.1, -0.05) is 18.2 Å². The van der Waals surface area contributed by atoms with Gasteiger partial charge in [0.15, 0.2) is 0 Å². The molecule has 0 N–H and O–H groups in total. The van der Waals surface area contributed by atoms with Gasteiger partial charge in [-0.05, 0) is 30.3 Å². The lowest BCUT2D eigenvalue weighted by Crippen LogP contribution is -2.48. The van der Waals surface area contributed by atoms with E-state index in [1.54, 1.807) is 24.5 Å². The number of rotatable bonds is 3. The van der Waals surface area contributed by atoms with Crippen molar-refractivity contribution in [2.75, 3.05) is 31.1 Å². The van der Waals surface area contributed by atoms with E-state index < -0.39 is 0 Å². The predicted molar refractivity (Wildman–Crippen MR) is 102 cm³/mol. The minimum atomic E-state index is 0.000583. The first-order valence-corrected chi connectivity index (χ1v) is 8.64. The second-order valence-corrected chi connectivity index (χ2v) is 6.12. The normalized spacial score (nSPS) is 14.9. The fourth-order valence-corrected chi connectivity index (χ4v) is 3.01. The van der Waals surface area contributed by atoms with Crippen LogP contribution in [-0.2, 0) is 4.79 Å². The van der Waals surface area contributed by atoms with E-state index in [9.17, 15) is 4.79 Å². The van der Waals surface area contributed by atoms with Crippen LogP contribution >= 0.6 is 0 Å². The van der Waals surface area contributed by atoms with Crippen LogP contribution in [0.4, 0.5) is 5.82 Å². The van der Waals surface area contributed by atoms with Gasteiger partial charge in [-0.25, -0.2) is 9.97 Å². The Morgan fingerprint density at radius 1 is 0.923 bits per heavy atom. The second kappa shape index (κ2) is 7.31. The van der Waals surface area contributed by atoms with Crippen LogP contribution in [0.5, 0.6) is 0 Å². The van der Waals surface area contributed by atoms with Gasteiger partial charge in [0.1, 0.15) is 5.82 Å². The van der Waals surface area contributed by atoms with E-state index in [0.29, 0.717) is 18.8 Å². The molecule has 0 atom stereocenters. The highest BCUT2D eigenvalue weighted by Crippen LogP contribution is 2.13. The zero-order valence-electron chi connectivity index (χ0n) is 14.3. The summed E-state index contributed by atoms with van der Waals surface area (Å²) in [4.78, 5) is 29.7. The molecule has 130 valence electrons. The van der Waals surface area contributed by atoms with Crippen LogP contribution in [-0.4, -0.2) is 51.9 Å². The summed E-state index contributed by atoms with van der Waals surface area (Å²) in [5, 5.41) is 0. The summed E-state index contributed by atoms with van der Waals surface area (Å²) in [6.07, 6.45) is 6.79. The molecular weight excluding hydrogens is 326 g/mol. The number of amides is 1. The molecule has 0 unspecified atom stereocenters. The summed E-state index contributed by atoms with van der Waals surface area (Å²) in [7, 11) is 0. The number of fused-ring (bicyclic) bond motifs is 1. The maximum absolute atomic E-state index is 12.4. The molecule has 1 aromatic carbocycles. The number of carbonyl (C=O) groups excluding carboxylic acids is 1. The molecule has 0 bridgehead atoms. The first-order valence-electron chi connectivity index (χ1n) is 8.64. The van der Waals surface area contributed by atoms with Gasteiger partial charge in [-0.15, -0.1) is 0 Å². The van der Waals surface area contributed by atoms with Gasteiger partial charge in [0, 0.05) is 38.5 Å². The lowest BCUT2D eigenvalue weighted by atomic mass is 10.2. The third-order valence-corrected chi connectivity index (χ3v) is 4.43. The van der Waals surface area contributed by atoms with E-state index in [-0.39, 0.29) is 5.91 Å². The topological polar surface area (TPSA) is 62.2 Å². The molecule has 1 aliphatic rings. The average Bonchev–Trinajstić information content (AvgIpc) is 2.72. The Morgan fingerprint density at radius 2 is 1.69 bits per heavy atom. The van der Waals surface area contributed by atoms with Crippen molar-refractivity contribution in [1.82, 2.24) is 19.9 Å². The van der Waals surface area contributed by atoms with Crippen LogP contribution in [0.2, 0.25) is 0 Å². The van der Waals surface area contributed by atoms with Crippen molar-refractivity contribution in [3.05, 3.63) is 66.6 Å². The first-order chi connectivity index (χ1) is 12.8. The Morgan fingerprint density at radius 3 is 2.46 bits per heavy atom. The molecule has 26 heavy (non-hydrogen) atoms. The number of pyridine rings is 1. The molecular formula is C20H19N5O. The van der Waals surface area contributed by atoms with E-state index in [4.69, 9.17) is 0 Å². The molecule has 1 fully saturated rings. The minimum absolute atomic E-state index is 0.000583. The molecule has 4 rings (SSSR count). The van der Waals surface area contributed by atoms with Gasteiger partial charge < -0.3 is 9.80 Å². The monoisotopic (exact) mass is 345 g/mol. The van der Waals surface area contributed by atoms with Gasteiger partial charge in [0.25, 0.3) is 0 Å². The van der Waals surface area contributed by atoms with Gasteiger partial charge in [-0.3, -0.25) is 9.78 Å². The summed E-state index contributed by atoms with van der Waals surface area (Å²) in [5.41, 5.74) is 2.36. The standard InChI is InChI=1S/C20H19N5O/c26-20(9-8-16-15-22-17-5-1-2-6-18(17)23-16)25-13-11-24(12-14-25)19-7-3-4-10-21-19/h1-10,15H,11-14H2/b9-8+. The lowest BCUT2D eigenvalue weighted by molar-refractivity contribution is -0.126. The van der Waals surface area contributed by atoms with E-state index in [0.717, 1.165) is 29.9 Å². The maximum atomic E-state index is 12.4. The maximum Gasteiger partial charge on any atom is 0.246 e. The molecule has 2 aromatic heterocycles. The Hall–Kier alpha value is -3.28. The van der Waals surface area contributed by atoms with Crippen LogP contribution in [0.1, 0.15) is 5.69 Å². The second-order valence-electron chi connectivity index (χ2n) is 6.12. The molecule has 0 spiro atoms. The molecule has 6 heteroatoms. The Kier molecular flexibility index (Phi) is 4.55. The fraction of sp³-hybridized carbons (Fsp3) is 0.200.